The van der Waals surface area contributed by atoms with Gasteiger partial charge in [0.2, 0.25) is 0 Å². The van der Waals surface area contributed by atoms with Crippen LogP contribution in [0.25, 0.3) is 77.4 Å². The van der Waals surface area contributed by atoms with Crippen LogP contribution in [-0.2, 0) is 6.42 Å². The quantitative estimate of drug-likeness (QED) is 0.178. The molecule has 0 aliphatic carbocycles. The highest BCUT2D eigenvalue weighted by Gasteiger charge is 2.22. The molecule has 0 aliphatic heterocycles. The molecule has 0 bridgehead atoms. The molecule has 3 heterocycles. The van der Waals surface area contributed by atoms with Crippen LogP contribution in [0.15, 0.2) is 152 Å². The van der Waals surface area contributed by atoms with Gasteiger partial charge in [-0.3, -0.25) is 4.57 Å². The molecule has 4 heteroatoms. The van der Waals surface area contributed by atoms with E-state index in [1.165, 1.54) is 51.3 Å². The zero-order valence-electron chi connectivity index (χ0n) is 26.8. The monoisotopic (exact) mass is 618 g/mol. The third-order valence-electron chi connectivity index (χ3n) is 9.61. The highest BCUT2D eigenvalue weighted by molar-refractivity contribution is 6.25. The van der Waals surface area contributed by atoms with E-state index >= 15 is 0 Å². The Bertz CT molecular complexity index is 2520. The fourth-order valence-corrected chi connectivity index (χ4v) is 7.37. The lowest BCUT2D eigenvalue weighted by Gasteiger charge is -2.14. The van der Waals surface area contributed by atoms with Gasteiger partial charge in [-0.25, -0.2) is 9.97 Å². The zero-order valence-corrected chi connectivity index (χ0v) is 26.8. The smallest absolute Gasteiger partial charge is 0.149 e. The Morgan fingerprint density at radius 2 is 1.21 bits per heavy atom. The summed E-state index contributed by atoms with van der Waals surface area (Å²) in [5.74, 6) is 0. The fraction of sp³-hybridized carbons (Fsp3) is 0.0909. The summed E-state index contributed by atoms with van der Waals surface area (Å²) in [6, 6.07) is 50.5. The summed E-state index contributed by atoms with van der Waals surface area (Å²) < 4.78 is 4.76. The summed E-state index contributed by atoms with van der Waals surface area (Å²) in [6.45, 7) is 2.26. The van der Waals surface area contributed by atoms with Gasteiger partial charge in [-0.15, -0.1) is 0 Å². The van der Waals surface area contributed by atoms with E-state index in [1.807, 2.05) is 6.20 Å². The highest BCUT2D eigenvalue weighted by atomic mass is 15.1. The van der Waals surface area contributed by atoms with Crippen LogP contribution in [0, 0.1) is 0 Å². The van der Waals surface area contributed by atoms with Crippen molar-refractivity contribution in [2.24, 2.45) is 0 Å². The standard InChI is InChI=1S/C44H34N4/c1-2-3-13-30-20-22-40-38(24-30)37-21-23-41-42(43(37)47(40)35-18-11-6-12-19-35)39-28-45-29-46-44(39)48(41)36-26-33(31-14-7-4-8-15-31)25-34(27-36)32-16-9-5-10-17-32/h4-12,14-29H,2-3,13H2,1H3. The van der Waals surface area contributed by atoms with Crippen LogP contribution in [0.2, 0.25) is 0 Å². The molecule has 230 valence electrons. The van der Waals surface area contributed by atoms with Crippen molar-refractivity contribution in [3.8, 4) is 33.6 Å². The molecule has 6 aromatic carbocycles. The minimum absolute atomic E-state index is 0.894. The van der Waals surface area contributed by atoms with Gasteiger partial charge in [-0.2, -0.15) is 0 Å². The number of hydrogen-bond acceptors (Lipinski definition) is 2. The number of nitrogens with zero attached hydrogens (tertiary/aromatic N) is 4. The van der Waals surface area contributed by atoms with Gasteiger partial charge in [-0.1, -0.05) is 104 Å². The van der Waals surface area contributed by atoms with Crippen LogP contribution in [-0.4, -0.2) is 19.1 Å². The molecule has 4 nitrogen and oxygen atoms in total. The minimum atomic E-state index is 0.894. The Morgan fingerprint density at radius 1 is 0.542 bits per heavy atom. The van der Waals surface area contributed by atoms with Gasteiger partial charge >= 0.3 is 0 Å². The van der Waals surface area contributed by atoms with Gasteiger partial charge in [0.1, 0.15) is 12.0 Å². The first-order valence-corrected chi connectivity index (χ1v) is 16.8. The molecule has 0 radical (unpaired) electrons. The van der Waals surface area contributed by atoms with Crippen molar-refractivity contribution in [2.75, 3.05) is 0 Å². The van der Waals surface area contributed by atoms with Crippen molar-refractivity contribution >= 4 is 43.7 Å². The molecule has 0 saturated heterocycles. The number of para-hydroxylation sites is 1. The summed E-state index contributed by atoms with van der Waals surface area (Å²) in [4.78, 5) is 9.53. The average Bonchev–Trinajstić information content (AvgIpc) is 3.67. The second-order valence-corrected chi connectivity index (χ2v) is 12.6. The molecule has 9 rings (SSSR count). The Hall–Kier alpha value is -6.00. The molecule has 0 atom stereocenters. The van der Waals surface area contributed by atoms with E-state index in [4.69, 9.17) is 4.98 Å². The number of aryl methyl sites for hydroxylation is 1. The Balaban J connectivity index is 1.40. The van der Waals surface area contributed by atoms with Crippen molar-refractivity contribution in [2.45, 2.75) is 26.2 Å². The Morgan fingerprint density at radius 3 is 1.90 bits per heavy atom. The summed E-state index contributed by atoms with van der Waals surface area (Å²) in [6.07, 6.45) is 7.11. The molecule has 48 heavy (non-hydrogen) atoms. The van der Waals surface area contributed by atoms with E-state index in [2.05, 4.69) is 161 Å². The van der Waals surface area contributed by atoms with Gasteiger partial charge in [0, 0.05) is 39.1 Å². The summed E-state index contributed by atoms with van der Waals surface area (Å²) >= 11 is 0. The molecule has 0 amide bonds. The fourth-order valence-electron chi connectivity index (χ4n) is 7.37. The summed E-state index contributed by atoms with van der Waals surface area (Å²) in [5, 5.41) is 4.71. The van der Waals surface area contributed by atoms with E-state index in [9.17, 15) is 0 Å². The maximum Gasteiger partial charge on any atom is 0.149 e. The van der Waals surface area contributed by atoms with Gasteiger partial charge < -0.3 is 4.57 Å². The Kier molecular flexibility index (Phi) is 6.86. The highest BCUT2D eigenvalue weighted by Crippen LogP contribution is 2.42. The SMILES string of the molecule is CCCCc1ccc2c(c1)c1ccc3c(c4cncnc4n3-c3cc(-c4ccccc4)cc(-c4ccccc4)c3)c1n2-c1ccccc1. The first-order chi connectivity index (χ1) is 23.8. The van der Waals surface area contributed by atoms with Gasteiger partial charge in [0.25, 0.3) is 0 Å². The van der Waals surface area contributed by atoms with E-state index in [1.54, 1.807) is 6.33 Å². The molecular formula is C44H34N4. The third-order valence-corrected chi connectivity index (χ3v) is 9.61. The lowest BCUT2D eigenvalue weighted by Crippen LogP contribution is -1.97. The number of hydrogen-bond donors (Lipinski definition) is 0. The van der Waals surface area contributed by atoms with Crippen molar-refractivity contribution in [3.05, 3.63) is 158 Å². The topological polar surface area (TPSA) is 35.6 Å². The van der Waals surface area contributed by atoms with Crippen molar-refractivity contribution in [3.63, 3.8) is 0 Å². The van der Waals surface area contributed by atoms with E-state index in [0.29, 0.717) is 0 Å². The number of rotatable bonds is 7. The number of benzene rings is 6. The molecule has 0 spiro atoms. The van der Waals surface area contributed by atoms with Crippen LogP contribution in [0.5, 0.6) is 0 Å². The lowest BCUT2D eigenvalue weighted by atomic mass is 9.98. The second kappa shape index (κ2) is 11.7. The molecule has 0 N–H and O–H groups in total. The molecule has 0 saturated carbocycles. The molecule has 3 aromatic heterocycles. The number of fused-ring (bicyclic) bond motifs is 7. The maximum atomic E-state index is 4.95. The molecule has 0 fully saturated rings. The van der Waals surface area contributed by atoms with Crippen molar-refractivity contribution in [1.29, 1.82) is 0 Å². The first-order valence-electron chi connectivity index (χ1n) is 16.8. The van der Waals surface area contributed by atoms with Gasteiger partial charge in [-0.05, 0) is 89.2 Å². The van der Waals surface area contributed by atoms with E-state index in [-0.39, 0.29) is 0 Å². The predicted molar refractivity (Wildman–Crippen MR) is 200 cm³/mol. The van der Waals surface area contributed by atoms with Gasteiger partial charge in [0.05, 0.1) is 16.6 Å². The van der Waals surface area contributed by atoms with Crippen LogP contribution in [0.4, 0.5) is 0 Å². The molecule has 9 aromatic rings. The molecule has 0 unspecified atom stereocenters. The number of unbranched alkanes of at least 4 members (excludes halogenated alkanes) is 1. The van der Waals surface area contributed by atoms with Crippen molar-refractivity contribution < 1.29 is 0 Å². The largest absolute Gasteiger partial charge is 0.309 e. The minimum Gasteiger partial charge on any atom is -0.309 e. The van der Waals surface area contributed by atoms with Crippen molar-refractivity contribution in [1.82, 2.24) is 19.1 Å². The molecule has 0 aliphatic rings. The normalized spacial score (nSPS) is 11.7. The van der Waals surface area contributed by atoms with E-state index in [0.717, 1.165) is 50.9 Å². The van der Waals surface area contributed by atoms with Crippen LogP contribution in [0.3, 0.4) is 0 Å². The molecular weight excluding hydrogens is 585 g/mol. The maximum absolute atomic E-state index is 4.95. The van der Waals surface area contributed by atoms with E-state index < -0.39 is 0 Å². The summed E-state index contributed by atoms with van der Waals surface area (Å²) in [7, 11) is 0. The lowest BCUT2D eigenvalue weighted by molar-refractivity contribution is 0.796. The number of aromatic nitrogens is 4. The van der Waals surface area contributed by atoms with Crippen LogP contribution in [0.1, 0.15) is 25.3 Å². The summed E-state index contributed by atoms with van der Waals surface area (Å²) in [5.41, 5.74) is 12.7. The Labute approximate surface area is 279 Å². The predicted octanol–water partition coefficient (Wildman–Crippen LogP) is 11.3. The zero-order chi connectivity index (χ0) is 32.0. The third kappa shape index (κ3) is 4.60. The van der Waals surface area contributed by atoms with Crippen LogP contribution >= 0.6 is 0 Å². The first kappa shape index (κ1) is 28.2. The average molecular weight is 619 g/mol. The second-order valence-electron chi connectivity index (χ2n) is 12.6. The van der Waals surface area contributed by atoms with Crippen LogP contribution < -0.4 is 0 Å². The van der Waals surface area contributed by atoms with Gasteiger partial charge in [0.15, 0.2) is 0 Å².